The molecule has 2 atom stereocenters. The monoisotopic (exact) mass is 245 g/mol. The van der Waals surface area contributed by atoms with Crippen molar-refractivity contribution in [2.24, 2.45) is 5.92 Å². The van der Waals surface area contributed by atoms with Crippen molar-refractivity contribution < 1.29 is 0 Å². The molecule has 1 heterocycles. The number of unbranched alkanes of at least 4 members (excludes halogenated alkanes) is 3. The highest BCUT2D eigenvalue weighted by molar-refractivity contribution is 5.36. The normalized spacial score (nSPS) is 28.2. The predicted octanol–water partition coefficient (Wildman–Crippen LogP) is 4.13. The Morgan fingerprint density at radius 2 is 1.78 bits per heavy atom. The van der Waals surface area contributed by atoms with Crippen LogP contribution in [0.15, 0.2) is 30.3 Å². The number of rotatable bonds is 4. The fourth-order valence-corrected chi connectivity index (χ4v) is 3.06. The summed E-state index contributed by atoms with van der Waals surface area (Å²) in [6.07, 6.45) is 6.94. The lowest BCUT2D eigenvalue weighted by Crippen LogP contribution is -2.18. The highest BCUT2D eigenvalue weighted by atomic mass is 15.0. The Morgan fingerprint density at radius 3 is 2.22 bits per heavy atom. The number of nitrogens with one attached hydrogen (secondary N) is 1. The number of benzene rings is 1. The van der Waals surface area contributed by atoms with E-state index in [1.807, 2.05) is 0 Å². The fraction of sp³-hybridized carbons (Fsp3) is 0.647. The minimum Gasteiger partial charge on any atom is -0.316 e. The summed E-state index contributed by atoms with van der Waals surface area (Å²) in [5.41, 5.74) is 2.08. The van der Waals surface area contributed by atoms with Crippen molar-refractivity contribution in [3.8, 4) is 0 Å². The van der Waals surface area contributed by atoms with Crippen LogP contribution in [-0.4, -0.2) is 13.1 Å². The highest BCUT2D eigenvalue weighted by Crippen LogP contribution is 2.56. The summed E-state index contributed by atoms with van der Waals surface area (Å²) in [6, 6.07) is 10.9. The van der Waals surface area contributed by atoms with Gasteiger partial charge in [-0.2, -0.15) is 0 Å². The van der Waals surface area contributed by atoms with Gasteiger partial charge in [-0.3, -0.25) is 0 Å². The van der Waals surface area contributed by atoms with E-state index in [2.05, 4.69) is 49.5 Å². The van der Waals surface area contributed by atoms with Crippen LogP contribution in [0.5, 0.6) is 0 Å². The quantitative estimate of drug-likeness (QED) is 0.786. The summed E-state index contributed by atoms with van der Waals surface area (Å²) in [7, 11) is 0. The van der Waals surface area contributed by atoms with Crippen LogP contribution in [0, 0.1) is 5.92 Å². The van der Waals surface area contributed by atoms with Crippen LogP contribution >= 0.6 is 0 Å². The van der Waals surface area contributed by atoms with Crippen LogP contribution in [0.1, 0.15) is 51.5 Å². The van der Waals surface area contributed by atoms with Crippen molar-refractivity contribution in [3.63, 3.8) is 0 Å². The third-order valence-corrected chi connectivity index (χ3v) is 4.37. The first kappa shape index (κ1) is 13.6. The molecule has 1 aromatic carbocycles. The van der Waals surface area contributed by atoms with Crippen LogP contribution in [0.2, 0.25) is 0 Å². The molecule has 2 unspecified atom stereocenters. The third-order valence-electron chi connectivity index (χ3n) is 4.37. The van der Waals surface area contributed by atoms with E-state index in [0.717, 1.165) is 5.92 Å². The number of hydrogen-bond donors (Lipinski definition) is 1. The molecule has 0 radical (unpaired) electrons. The third kappa shape index (κ3) is 2.95. The molecule has 1 aliphatic heterocycles. The lowest BCUT2D eigenvalue weighted by Gasteiger charge is -2.10. The Hall–Kier alpha value is -0.820. The zero-order chi connectivity index (χ0) is 12.8. The van der Waals surface area contributed by atoms with Crippen molar-refractivity contribution >= 4 is 0 Å². The summed E-state index contributed by atoms with van der Waals surface area (Å²) < 4.78 is 0. The average molecular weight is 245 g/mol. The molecule has 1 saturated heterocycles. The van der Waals surface area contributed by atoms with Gasteiger partial charge in [0.1, 0.15) is 0 Å². The minimum atomic E-state index is 0.543. The Kier molecular flexibility index (Phi) is 4.82. The zero-order valence-corrected chi connectivity index (χ0v) is 11.9. The molecular weight excluding hydrogens is 218 g/mol. The van der Waals surface area contributed by atoms with Crippen molar-refractivity contribution in [1.82, 2.24) is 5.32 Å². The van der Waals surface area contributed by atoms with Gasteiger partial charge >= 0.3 is 0 Å². The van der Waals surface area contributed by atoms with Gasteiger partial charge in [0.05, 0.1) is 0 Å². The first-order valence-electron chi connectivity index (χ1n) is 7.59. The van der Waals surface area contributed by atoms with E-state index in [1.165, 1.54) is 45.2 Å². The molecule has 0 aromatic heterocycles. The molecular formula is C17H27N. The molecule has 1 N–H and O–H groups in total. The average Bonchev–Trinajstić information content (AvgIpc) is 3.00. The maximum Gasteiger partial charge on any atom is 0.0122 e. The van der Waals surface area contributed by atoms with Crippen LogP contribution in [0.25, 0.3) is 0 Å². The molecule has 2 fully saturated rings. The van der Waals surface area contributed by atoms with Gasteiger partial charge in [0.2, 0.25) is 0 Å². The van der Waals surface area contributed by atoms with E-state index < -0.39 is 0 Å². The van der Waals surface area contributed by atoms with E-state index >= 15 is 0 Å². The lowest BCUT2D eigenvalue weighted by molar-refractivity contribution is 0.675. The number of piperidine rings is 1. The smallest absolute Gasteiger partial charge is 0.0122 e. The fourth-order valence-electron chi connectivity index (χ4n) is 3.06. The van der Waals surface area contributed by atoms with Gasteiger partial charge in [0.25, 0.3) is 0 Å². The molecule has 1 saturated carbocycles. The second kappa shape index (κ2) is 6.38. The summed E-state index contributed by atoms with van der Waals surface area (Å²) in [6.45, 7) is 6.89. The molecule has 2 aliphatic rings. The topological polar surface area (TPSA) is 12.0 Å². The zero-order valence-electron chi connectivity index (χ0n) is 11.9. The van der Waals surface area contributed by atoms with Crippen LogP contribution in [0.4, 0.5) is 0 Å². The second-order valence-corrected chi connectivity index (χ2v) is 5.76. The maximum atomic E-state index is 3.46. The molecule has 3 rings (SSSR count). The largest absolute Gasteiger partial charge is 0.316 e. The van der Waals surface area contributed by atoms with Crippen LogP contribution in [-0.2, 0) is 5.41 Å². The maximum absolute atomic E-state index is 3.46. The van der Waals surface area contributed by atoms with E-state index in [1.54, 1.807) is 5.56 Å². The van der Waals surface area contributed by atoms with E-state index in [-0.39, 0.29) is 0 Å². The lowest BCUT2D eigenvalue weighted by atomic mass is 9.95. The van der Waals surface area contributed by atoms with E-state index in [4.69, 9.17) is 0 Å². The molecule has 100 valence electrons. The van der Waals surface area contributed by atoms with Crippen molar-refractivity contribution in [3.05, 3.63) is 35.9 Å². The Labute approximate surface area is 112 Å². The molecule has 1 aliphatic carbocycles. The second-order valence-electron chi connectivity index (χ2n) is 5.76. The Morgan fingerprint density at radius 1 is 1.11 bits per heavy atom. The number of hydrogen-bond acceptors (Lipinski definition) is 1. The number of fused-ring (bicyclic) bond motifs is 1. The van der Waals surface area contributed by atoms with Gasteiger partial charge in [-0.25, -0.2) is 0 Å². The van der Waals surface area contributed by atoms with E-state index in [9.17, 15) is 0 Å². The van der Waals surface area contributed by atoms with Gasteiger partial charge in [-0.1, -0.05) is 69.9 Å². The first-order chi connectivity index (χ1) is 8.83. The van der Waals surface area contributed by atoms with Crippen LogP contribution < -0.4 is 5.32 Å². The van der Waals surface area contributed by atoms with Crippen molar-refractivity contribution in [2.45, 2.75) is 51.4 Å². The van der Waals surface area contributed by atoms with Crippen molar-refractivity contribution in [1.29, 1.82) is 0 Å². The standard InChI is InChI=1S/C11H13N.C6H14/c1-2-4-9(5-3-1)11-6-10(11)7-12-8-11;1-3-5-6-4-2/h1-5,10,12H,6-8H2;3-6H2,1-2H3. The summed E-state index contributed by atoms with van der Waals surface area (Å²) in [4.78, 5) is 0. The molecule has 0 bridgehead atoms. The summed E-state index contributed by atoms with van der Waals surface area (Å²) in [5.74, 6) is 0.930. The SMILES string of the molecule is CCCCCC.c1ccc(C23CNCC2C3)cc1. The minimum absolute atomic E-state index is 0.543. The summed E-state index contributed by atoms with van der Waals surface area (Å²) in [5, 5.41) is 3.46. The molecule has 18 heavy (non-hydrogen) atoms. The Balaban J connectivity index is 0.000000174. The van der Waals surface area contributed by atoms with Crippen LogP contribution in [0.3, 0.4) is 0 Å². The van der Waals surface area contributed by atoms with Gasteiger partial charge in [0.15, 0.2) is 0 Å². The van der Waals surface area contributed by atoms with Crippen molar-refractivity contribution in [2.75, 3.05) is 13.1 Å². The van der Waals surface area contributed by atoms with Gasteiger partial charge in [-0.15, -0.1) is 0 Å². The van der Waals surface area contributed by atoms with Gasteiger partial charge in [0, 0.05) is 12.0 Å². The molecule has 0 spiro atoms. The molecule has 1 heteroatoms. The molecule has 0 amide bonds. The first-order valence-corrected chi connectivity index (χ1v) is 7.59. The summed E-state index contributed by atoms with van der Waals surface area (Å²) >= 11 is 0. The van der Waals surface area contributed by atoms with Gasteiger partial charge in [-0.05, 0) is 24.4 Å². The predicted molar refractivity (Wildman–Crippen MR) is 78.9 cm³/mol. The highest BCUT2D eigenvalue weighted by Gasteiger charge is 2.57. The Bertz CT molecular complexity index is 342. The molecule has 1 aromatic rings. The van der Waals surface area contributed by atoms with Gasteiger partial charge < -0.3 is 5.32 Å². The van der Waals surface area contributed by atoms with E-state index in [0.29, 0.717) is 5.41 Å². The molecule has 1 nitrogen and oxygen atoms in total.